The molecule has 0 aliphatic rings. The van der Waals surface area contributed by atoms with Crippen molar-refractivity contribution in [2.75, 3.05) is 0 Å². The number of hydrogen-bond acceptors (Lipinski definition) is 4. The standard InChI is InChI=1S/C12H10N2O2/c1-8(2)12(15)16-11-7-9-5-3-4-6-10(9)13-14-11/h3-7H,1H2,2H3. The van der Waals surface area contributed by atoms with Crippen LogP contribution in [0.5, 0.6) is 5.88 Å². The zero-order chi connectivity index (χ0) is 11.5. The van der Waals surface area contributed by atoms with E-state index < -0.39 is 5.97 Å². The molecule has 0 amide bonds. The van der Waals surface area contributed by atoms with Crippen molar-refractivity contribution in [1.82, 2.24) is 10.2 Å². The molecule has 80 valence electrons. The van der Waals surface area contributed by atoms with Crippen molar-refractivity contribution in [3.63, 3.8) is 0 Å². The van der Waals surface area contributed by atoms with Crippen molar-refractivity contribution in [1.29, 1.82) is 0 Å². The second-order valence-electron chi connectivity index (χ2n) is 3.41. The van der Waals surface area contributed by atoms with Crippen LogP contribution < -0.4 is 4.74 Å². The van der Waals surface area contributed by atoms with Crippen LogP contribution >= 0.6 is 0 Å². The van der Waals surface area contributed by atoms with Crippen molar-refractivity contribution in [3.05, 3.63) is 42.5 Å². The number of ether oxygens (including phenoxy) is 1. The number of benzene rings is 1. The Morgan fingerprint density at radius 2 is 2.06 bits per heavy atom. The lowest BCUT2D eigenvalue weighted by Gasteiger charge is -2.02. The summed E-state index contributed by atoms with van der Waals surface area (Å²) in [6.07, 6.45) is 0. The quantitative estimate of drug-likeness (QED) is 0.567. The van der Waals surface area contributed by atoms with Crippen LogP contribution in [-0.2, 0) is 4.79 Å². The average Bonchev–Trinajstić information content (AvgIpc) is 2.28. The van der Waals surface area contributed by atoms with Crippen LogP contribution in [0.1, 0.15) is 6.92 Å². The number of carbonyl (C=O) groups is 1. The number of fused-ring (bicyclic) bond motifs is 1. The smallest absolute Gasteiger partial charge is 0.339 e. The van der Waals surface area contributed by atoms with Gasteiger partial charge in [0.2, 0.25) is 5.88 Å². The minimum atomic E-state index is -0.496. The topological polar surface area (TPSA) is 52.1 Å². The molecule has 2 rings (SSSR count). The molecule has 4 nitrogen and oxygen atoms in total. The molecule has 0 unspecified atom stereocenters. The van der Waals surface area contributed by atoms with Crippen LogP contribution in [0.15, 0.2) is 42.5 Å². The van der Waals surface area contributed by atoms with Crippen LogP contribution in [-0.4, -0.2) is 16.2 Å². The first-order valence-corrected chi connectivity index (χ1v) is 4.77. The van der Waals surface area contributed by atoms with Crippen LogP contribution in [0.3, 0.4) is 0 Å². The maximum absolute atomic E-state index is 11.3. The Labute approximate surface area is 92.6 Å². The number of hydrogen-bond donors (Lipinski definition) is 0. The third-order valence-corrected chi connectivity index (χ3v) is 2.02. The minimum Gasteiger partial charge on any atom is -0.402 e. The molecule has 16 heavy (non-hydrogen) atoms. The number of rotatable bonds is 2. The summed E-state index contributed by atoms with van der Waals surface area (Å²) in [5.41, 5.74) is 1.09. The van der Waals surface area contributed by atoms with Gasteiger partial charge in [-0.2, -0.15) is 0 Å². The summed E-state index contributed by atoms with van der Waals surface area (Å²) in [7, 11) is 0. The van der Waals surface area contributed by atoms with Gasteiger partial charge in [0.25, 0.3) is 0 Å². The van der Waals surface area contributed by atoms with Crippen LogP contribution in [0.25, 0.3) is 10.9 Å². The van der Waals surface area contributed by atoms with Gasteiger partial charge in [-0.1, -0.05) is 24.8 Å². The summed E-state index contributed by atoms with van der Waals surface area (Å²) >= 11 is 0. The van der Waals surface area contributed by atoms with Gasteiger partial charge in [-0.05, 0) is 13.0 Å². The normalized spacial score (nSPS) is 10.1. The highest BCUT2D eigenvalue weighted by Gasteiger charge is 2.07. The maximum Gasteiger partial charge on any atom is 0.339 e. The third-order valence-electron chi connectivity index (χ3n) is 2.02. The van der Waals surface area contributed by atoms with Crippen LogP contribution in [0.2, 0.25) is 0 Å². The lowest BCUT2D eigenvalue weighted by molar-refractivity contribution is -0.130. The molecule has 0 aliphatic carbocycles. The van der Waals surface area contributed by atoms with Crippen LogP contribution in [0, 0.1) is 0 Å². The summed E-state index contributed by atoms with van der Waals surface area (Å²) in [5.74, 6) is -0.309. The SMILES string of the molecule is C=C(C)C(=O)Oc1cc2ccccc2nn1. The fourth-order valence-corrected chi connectivity index (χ4v) is 1.20. The highest BCUT2D eigenvalue weighted by atomic mass is 16.5. The number of nitrogens with zero attached hydrogens (tertiary/aromatic N) is 2. The highest BCUT2D eigenvalue weighted by molar-refractivity contribution is 5.89. The summed E-state index contributed by atoms with van der Waals surface area (Å²) in [6.45, 7) is 5.07. The van der Waals surface area contributed by atoms with Gasteiger partial charge in [0.15, 0.2) is 0 Å². The Hall–Kier alpha value is -2.23. The molecule has 1 aromatic carbocycles. The average molecular weight is 214 g/mol. The molecule has 0 fully saturated rings. The Morgan fingerprint density at radius 1 is 1.31 bits per heavy atom. The molecule has 1 heterocycles. The molecule has 0 radical (unpaired) electrons. The summed E-state index contributed by atoms with van der Waals surface area (Å²) in [4.78, 5) is 11.3. The van der Waals surface area contributed by atoms with E-state index in [-0.39, 0.29) is 5.88 Å². The largest absolute Gasteiger partial charge is 0.402 e. The van der Waals surface area contributed by atoms with Gasteiger partial charge in [0.1, 0.15) is 0 Å². The lowest BCUT2D eigenvalue weighted by atomic mass is 10.2. The molecule has 1 aromatic heterocycles. The zero-order valence-electron chi connectivity index (χ0n) is 8.80. The fourth-order valence-electron chi connectivity index (χ4n) is 1.20. The van der Waals surface area contributed by atoms with E-state index in [0.29, 0.717) is 5.57 Å². The van der Waals surface area contributed by atoms with Gasteiger partial charge in [-0.25, -0.2) is 4.79 Å². The van der Waals surface area contributed by atoms with E-state index in [0.717, 1.165) is 10.9 Å². The first-order chi connectivity index (χ1) is 7.66. The minimum absolute atomic E-state index is 0.187. The molecule has 4 heteroatoms. The second kappa shape index (κ2) is 4.10. The number of carbonyl (C=O) groups excluding carboxylic acids is 1. The Kier molecular flexibility index (Phi) is 2.64. The Morgan fingerprint density at radius 3 is 2.81 bits per heavy atom. The summed E-state index contributed by atoms with van der Waals surface area (Å²) < 4.78 is 4.97. The van der Waals surface area contributed by atoms with E-state index in [4.69, 9.17) is 4.74 Å². The van der Waals surface area contributed by atoms with E-state index in [1.807, 2.05) is 24.3 Å². The lowest BCUT2D eigenvalue weighted by Crippen LogP contribution is -2.09. The molecule has 0 saturated heterocycles. The summed E-state index contributed by atoms with van der Waals surface area (Å²) in [5, 5.41) is 8.61. The molecular weight excluding hydrogens is 204 g/mol. The van der Waals surface area contributed by atoms with E-state index in [1.165, 1.54) is 0 Å². The molecule has 0 saturated carbocycles. The van der Waals surface area contributed by atoms with Crippen molar-refractivity contribution in [2.24, 2.45) is 0 Å². The van der Waals surface area contributed by atoms with Crippen molar-refractivity contribution >= 4 is 16.9 Å². The predicted octanol–water partition coefficient (Wildman–Crippen LogP) is 2.11. The zero-order valence-corrected chi connectivity index (χ0v) is 8.80. The second-order valence-corrected chi connectivity index (χ2v) is 3.41. The first-order valence-electron chi connectivity index (χ1n) is 4.77. The maximum atomic E-state index is 11.3. The van der Waals surface area contributed by atoms with Crippen molar-refractivity contribution < 1.29 is 9.53 Å². The Bertz CT molecular complexity index is 564. The fraction of sp³-hybridized carbons (Fsp3) is 0.0833. The number of esters is 1. The molecule has 0 bridgehead atoms. The first kappa shape index (κ1) is 10.3. The predicted molar refractivity (Wildman–Crippen MR) is 60.0 cm³/mol. The Balaban J connectivity index is 2.33. The van der Waals surface area contributed by atoms with E-state index in [2.05, 4.69) is 16.8 Å². The van der Waals surface area contributed by atoms with Gasteiger partial charge in [-0.3, -0.25) is 0 Å². The molecule has 0 spiro atoms. The van der Waals surface area contributed by atoms with E-state index >= 15 is 0 Å². The van der Waals surface area contributed by atoms with E-state index in [9.17, 15) is 4.79 Å². The van der Waals surface area contributed by atoms with E-state index in [1.54, 1.807) is 13.0 Å². The van der Waals surface area contributed by atoms with Gasteiger partial charge in [0, 0.05) is 17.0 Å². The number of aromatic nitrogens is 2. The monoisotopic (exact) mass is 214 g/mol. The molecule has 2 aromatic rings. The highest BCUT2D eigenvalue weighted by Crippen LogP contribution is 2.15. The van der Waals surface area contributed by atoms with Crippen molar-refractivity contribution in [2.45, 2.75) is 6.92 Å². The van der Waals surface area contributed by atoms with Gasteiger partial charge < -0.3 is 4.74 Å². The third kappa shape index (κ3) is 2.06. The summed E-state index contributed by atoms with van der Waals surface area (Å²) in [6, 6.07) is 9.14. The van der Waals surface area contributed by atoms with Gasteiger partial charge in [-0.15, -0.1) is 10.2 Å². The molecular formula is C12H10N2O2. The molecule has 0 N–H and O–H groups in total. The van der Waals surface area contributed by atoms with Crippen LogP contribution in [0.4, 0.5) is 0 Å². The molecule has 0 atom stereocenters. The molecule has 0 aliphatic heterocycles. The van der Waals surface area contributed by atoms with Gasteiger partial charge in [0.05, 0.1) is 5.52 Å². The van der Waals surface area contributed by atoms with Gasteiger partial charge >= 0.3 is 5.97 Å². The van der Waals surface area contributed by atoms with Crippen molar-refractivity contribution in [3.8, 4) is 5.88 Å².